The van der Waals surface area contributed by atoms with Crippen molar-refractivity contribution in [2.75, 3.05) is 13.2 Å². The molecule has 2 heteroatoms. The molecule has 0 saturated carbocycles. The van der Waals surface area contributed by atoms with Gasteiger partial charge in [0.1, 0.15) is 0 Å². The Kier molecular flexibility index (Phi) is 7.83. The number of halogens is 1. The molecule has 0 spiro atoms. The van der Waals surface area contributed by atoms with Crippen molar-refractivity contribution in [2.45, 2.75) is 32.6 Å². The third-order valence-electron chi connectivity index (χ3n) is 3.97. The number of aryl methyl sites for hydroxylation is 2. The van der Waals surface area contributed by atoms with Crippen molar-refractivity contribution in [2.24, 2.45) is 0 Å². The maximum atomic E-state index is 5.41. The molecule has 0 aliphatic carbocycles. The second-order valence-electron chi connectivity index (χ2n) is 5.88. The lowest BCUT2D eigenvalue weighted by atomic mass is 9.99. The Bertz CT molecular complexity index is 616. The van der Waals surface area contributed by atoms with Crippen molar-refractivity contribution < 1.29 is 4.74 Å². The summed E-state index contributed by atoms with van der Waals surface area (Å²) < 4.78 is 6.71. The van der Waals surface area contributed by atoms with Gasteiger partial charge in [-0.15, -0.1) is 6.58 Å². The van der Waals surface area contributed by atoms with Crippen LogP contribution < -0.4 is 0 Å². The predicted molar refractivity (Wildman–Crippen MR) is 107 cm³/mol. The fourth-order valence-electron chi connectivity index (χ4n) is 2.57. The number of rotatable bonds is 9. The molecule has 1 nitrogen and oxygen atoms in total. The van der Waals surface area contributed by atoms with Gasteiger partial charge in [0, 0.05) is 10.2 Å². The van der Waals surface area contributed by atoms with Crippen LogP contribution in [0.15, 0.2) is 55.1 Å². The van der Waals surface area contributed by atoms with Gasteiger partial charge in [-0.05, 0) is 89.6 Å². The summed E-state index contributed by atoms with van der Waals surface area (Å²) in [6.07, 6.45) is 6.22. The number of hydrogen-bond acceptors (Lipinski definition) is 1. The molecule has 0 aliphatic rings. The Morgan fingerprint density at radius 1 is 1.04 bits per heavy atom. The van der Waals surface area contributed by atoms with Crippen LogP contribution in [-0.4, -0.2) is 13.2 Å². The van der Waals surface area contributed by atoms with Gasteiger partial charge < -0.3 is 4.74 Å². The molecular formula is C21H25IO. The maximum Gasteiger partial charge on any atom is 0.0644 e. The fraction of sp³-hybridized carbons (Fsp3) is 0.333. The fourth-order valence-corrected chi connectivity index (χ4v) is 3.13. The Labute approximate surface area is 153 Å². The summed E-state index contributed by atoms with van der Waals surface area (Å²) in [7, 11) is 0. The molecule has 0 N–H and O–H groups in total. The summed E-state index contributed by atoms with van der Waals surface area (Å²) >= 11 is 2.38. The van der Waals surface area contributed by atoms with E-state index in [0.717, 1.165) is 25.9 Å². The van der Waals surface area contributed by atoms with Crippen LogP contribution in [0.5, 0.6) is 0 Å². The standard InChI is InChI=1S/C21H25IO/c1-3-13-23-14-5-4-6-18-8-10-19(11-9-18)15-20-16-21(22)12-7-17(20)2/h3,7-12,16H,1,4-6,13-15H2,2H3. The SMILES string of the molecule is C=CCOCCCCc1ccc(Cc2cc(I)ccc2C)cc1. The normalized spacial score (nSPS) is 10.7. The Balaban J connectivity index is 1.82. The molecular weight excluding hydrogens is 395 g/mol. The Morgan fingerprint density at radius 2 is 1.78 bits per heavy atom. The lowest BCUT2D eigenvalue weighted by Crippen LogP contribution is -1.96. The first kappa shape index (κ1) is 18.2. The number of unbranched alkanes of at least 4 members (excludes halogenated alkanes) is 1. The second-order valence-corrected chi connectivity index (χ2v) is 7.13. The quantitative estimate of drug-likeness (QED) is 0.287. The lowest BCUT2D eigenvalue weighted by Gasteiger charge is -2.08. The van der Waals surface area contributed by atoms with Gasteiger partial charge in [-0.25, -0.2) is 0 Å². The zero-order chi connectivity index (χ0) is 16.5. The molecule has 0 unspecified atom stereocenters. The van der Waals surface area contributed by atoms with E-state index in [1.807, 2.05) is 0 Å². The van der Waals surface area contributed by atoms with Crippen molar-refractivity contribution in [3.63, 3.8) is 0 Å². The summed E-state index contributed by atoms with van der Waals surface area (Å²) in [5, 5.41) is 0. The van der Waals surface area contributed by atoms with E-state index < -0.39 is 0 Å². The van der Waals surface area contributed by atoms with Crippen molar-refractivity contribution in [1.29, 1.82) is 0 Å². The number of hydrogen-bond donors (Lipinski definition) is 0. The average Bonchev–Trinajstić information content (AvgIpc) is 2.56. The molecule has 0 heterocycles. The van der Waals surface area contributed by atoms with E-state index in [1.54, 1.807) is 6.08 Å². The minimum atomic E-state index is 0.659. The van der Waals surface area contributed by atoms with Gasteiger partial charge in [-0.3, -0.25) is 0 Å². The maximum absolute atomic E-state index is 5.41. The minimum Gasteiger partial charge on any atom is -0.377 e. The first-order chi connectivity index (χ1) is 11.2. The summed E-state index contributed by atoms with van der Waals surface area (Å²) in [6, 6.07) is 15.7. The highest BCUT2D eigenvalue weighted by Gasteiger charge is 2.02. The van der Waals surface area contributed by atoms with Crippen LogP contribution in [0.3, 0.4) is 0 Å². The molecule has 0 fully saturated rings. The third-order valence-corrected chi connectivity index (χ3v) is 4.64. The first-order valence-electron chi connectivity index (χ1n) is 8.20. The van der Waals surface area contributed by atoms with E-state index in [2.05, 4.69) is 78.6 Å². The van der Waals surface area contributed by atoms with Gasteiger partial charge in [0.15, 0.2) is 0 Å². The van der Waals surface area contributed by atoms with Crippen molar-refractivity contribution in [1.82, 2.24) is 0 Å². The molecule has 2 rings (SSSR count). The predicted octanol–water partition coefficient (Wildman–Crippen LogP) is 5.72. The van der Waals surface area contributed by atoms with E-state index in [0.29, 0.717) is 6.61 Å². The monoisotopic (exact) mass is 420 g/mol. The van der Waals surface area contributed by atoms with Gasteiger partial charge in [0.05, 0.1) is 6.61 Å². The molecule has 2 aromatic carbocycles. The largest absolute Gasteiger partial charge is 0.377 e. The molecule has 0 bridgehead atoms. The van der Waals surface area contributed by atoms with Gasteiger partial charge in [0.25, 0.3) is 0 Å². The van der Waals surface area contributed by atoms with E-state index in [9.17, 15) is 0 Å². The highest BCUT2D eigenvalue weighted by Crippen LogP contribution is 2.18. The Hall–Kier alpha value is -1.13. The van der Waals surface area contributed by atoms with Crippen molar-refractivity contribution in [3.05, 3.63) is 80.9 Å². The minimum absolute atomic E-state index is 0.659. The van der Waals surface area contributed by atoms with Crippen LogP contribution in [0.4, 0.5) is 0 Å². The molecule has 0 aromatic heterocycles. The van der Waals surface area contributed by atoms with Crippen LogP contribution in [-0.2, 0) is 17.6 Å². The highest BCUT2D eigenvalue weighted by molar-refractivity contribution is 14.1. The first-order valence-corrected chi connectivity index (χ1v) is 9.28. The van der Waals surface area contributed by atoms with Crippen LogP contribution in [0.2, 0.25) is 0 Å². The van der Waals surface area contributed by atoms with Crippen molar-refractivity contribution in [3.8, 4) is 0 Å². The molecule has 0 aliphatic heterocycles. The zero-order valence-electron chi connectivity index (χ0n) is 13.9. The van der Waals surface area contributed by atoms with E-state index in [4.69, 9.17) is 4.74 Å². The summed E-state index contributed by atoms with van der Waals surface area (Å²) in [5.74, 6) is 0. The number of ether oxygens (including phenoxy) is 1. The molecule has 23 heavy (non-hydrogen) atoms. The van der Waals surface area contributed by atoms with E-state index in [-0.39, 0.29) is 0 Å². The lowest BCUT2D eigenvalue weighted by molar-refractivity contribution is 0.158. The Morgan fingerprint density at radius 3 is 2.52 bits per heavy atom. The van der Waals surface area contributed by atoms with E-state index >= 15 is 0 Å². The van der Waals surface area contributed by atoms with Gasteiger partial charge in [-0.1, -0.05) is 36.4 Å². The summed E-state index contributed by atoms with van der Waals surface area (Å²) in [6.45, 7) is 7.33. The molecule has 122 valence electrons. The third kappa shape index (κ3) is 6.48. The van der Waals surface area contributed by atoms with Crippen LogP contribution in [0.25, 0.3) is 0 Å². The van der Waals surface area contributed by atoms with Gasteiger partial charge in [-0.2, -0.15) is 0 Å². The molecule has 0 saturated heterocycles. The molecule has 0 amide bonds. The molecule has 0 atom stereocenters. The second kappa shape index (κ2) is 9.89. The number of benzene rings is 2. The van der Waals surface area contributed by atoms with Crippen LogP contribution in [0.1, 0.15) is 35.1 Å². The van der Waals surface area contributed by atoms with Gasteiger partial charge in [0.2, 0.25) is 0 Å². The van der Waals surface area contributed by atoms with Crippen LogP contribution >= 0.6 is 22.6 Å². The highest BCUT2D eigenvalue weighted by atomic mass is 127. The van der Waals surface area contributed by atoms with E-state index in [1.165, 1.54) is 32.2 Å². The average molecular weight is 420 g/mol. The van der Waals surface area contributed by atoms with Crippen molar-refractivity contribution >= 4 is 22.6 Å². The topological polar surface area (TPSA) is 9.23 Å². The summed E-state index contributed by atoms with van der Waals surface area (Å²) in [4.78, 5) is 0. The zero-order valence-corrected chi connectivity index (χ0v) is 16.0. The smallest absolute Gasteiger partial charge is 0.0644 e. The molecule has 0 radical (unpaired) electrons. The summed E-state index contributed by atoms with van der Waals surface area (Å²) in [5.41, 5.74) is 5.59. The molecule has 2 aromatic rings. The van der Waals surface area contributed by atoms with Gasteiger partial charge >= 0.3 is 0 Å². The van der Waals surface area contributed by atoms with Crippen LogP contribution in [0, 0.1) is 10.5 Å².